The van der Waals surface area contributed by atoms with Gasteiger partial charge in [0.05, 0.1) is 59.6 Å². The molecule has 0 amide bonds. The van der Waals surface area contributed by atoms with Gasteiger partial charge >= 0.3 is 0 Å². The lowest BCUT2D eigenvalue weighted by molar-refractivity contribution is -0.217. The average Bonchev–Trinajstić information content (AvgIpc) is 3.98. The Morgan fingerprint density at radius 1 is 0.528 bits per heavy atom. The summed E-state index contributed by atoms with van der Waals surface area (Å²) in [4.78, 5) is 14.9. The number of hydrogen-bond acceptors (Lipinski definition) is 6. The normalized spacial score (nSPS) is 18.6. The molecule has 0 radical (unpaired) electrons. The quantitative estimate of drug-likeness (QED) is 0.108. The van der Waals surface area contributed by atoms with Crippen LogP contribution in [0, 0.1) is 46.5 Å². The van der Waals surface area contributed by atoms with Crippen LogP contribution in [0.3, 0.4) is 0 Å². The molecule has 274 valence electrons. The van der Waals surface area contributed by atoms with Gasteiger partial charge in [-0.05, 0) is 62.4 Å². The standard InChI is InChI=1S/C37H26F8N4O4/c1-5-52-37(53-6-2)21-13-11-19(48-21)23(25-27(38)31(42)35(50-3)32(43)28(25)39)17-9-7-15(46-17)16-8-10-18(47-16)24(20-12-14-22(37)49-20)26-29(40)33(44)36(51-4)34(45)30(26)41/h7-14,48-49H,5-6H2,1-4H3/b23-17+,24-18+. The molecule has 8 bridgehead atoms. The Morgan fingerprint density at radius 2 is 0.887 bits per heavy atom. The first-order valence-electron chi connectivity index (χ1n) is 15.9. The molecule has 16 heteroatoms. The van der Waals surface area contributed by atoms with Gasteiger partial charge in [-0.25, -0.2) is 27.5 Å². The molecule has 0 saturated heterocycles. The topological polar surface area (TPSA) is 93.2 Å². The number of aliphatic imine (C=N–C) groups is 2. The zero-order chi connectivity index (χ0) is 37.9. The summed E-state index contributed by atoms with van der Waals surface area (Å²) in [6.45, 7) is 3.22. The maximum absolute atomic E-state index is 15.8. The van der Waals surface area contributed by atoms with Gasteiger partial charge in [0.25, 0.3) is 5.79 Å². The minimum absolute atomic E-state index is 0.0201. The Bertz CT molecular complexity index is 2180. The predicted octanol–water partition coefficient (Wildman–Crippen LogP) is 8.30. The summed E-state index contributed by atoms with van der Waals surface area (Å²) in [5.74, 6) is -18.8. The number of H-pyrrole nitrogens is 2. The van der Waals surface area contributed by atoms with Crippen molar-refractivity contribution < 1.29 is 54.1 Å². The highest BCUT2D eigenvalue weighted by Crippen LogP contribution is 2.44. The molecule has 7 rings (SSSR count). The predicted molar refractivity (Wildman–Crippen MR) is 176 cm³/mol. The van der Waals surface area contributed by atoms with E-state index in [2.05, 4.69) is 29.4 Å². The number of fused-ring (bicyclic) bond motifs is 7. The molecule has 3 aliphatic heterocycles. The molecule has 0 saturated carbocycles. The van der Waals surface area contributed by atoms with E-state index in [0.29, 0.717) is 0 Å². The Morgan fingerprint density at radius 3 is 1.21 bits per heavy atom. The van der Waals surface area contributed by atoms with E-state index in [1.807, 2.05) is 0 Å². The summed E-state index contributed by atoms with van der Waals surface area (Å²) < 4.78 is 145. The van der Waals surface area contributed by atoms with Crippen molar-refractivity contribution in [1.82, 2.24) is 9.97 Å². The van der Waals surface area contributed by atoms with Crippen LogP contribution in [-0.4, -0.2) is 48.8 Å². The van der Waals surface area contributed by atoms with E-state index >= 15 is 35.1 Å². The maximum Gasteiger partial charge on any atom is 0.253 e. The van der Waals surface area contributed by atoms with Crippen LogP contribution in [0.15, 0.2) is 69.9 Å². The van der Waals surface area contributed by atoms with Crippen LogP contribution in [0.5, 0.6) is 11.5 Å². The fourth-order valence-electron chi connectivity index (χ4n) is 6.48. The van der Waals surface area contributed by atoms with Crippen molar-refractivity contribution in [3.8, 4) is 11.5 Å². The van der Waals surface area contributed by atoms with Crippen molar-refractivity contribution in [2.24, 2.45) is 9.98 Å². The minimum atomic E-state index is -1.92. The average molecular weight is 743 g/mol. The molecule has 3 aliphatic rings. The zero-order valence-electron chi connectivity index (χ0n) is 28.1. The summed E-state index contributed by atoms with van der Waals surface area (Å²) in [5, 5.41) is 0. The molecule has 53 heavy (non-hydrogen) atoms. The van der Waals surface area contributed by atoms with Crippen LogP contribution in [0.1, 0.15) is 47.8 Å². The van der Waals surface area contributed by atoms with Crippen molar-refractivity contribution in [3.63, 3.8) is 0 Å². The Balaban J connectivity index is 1.59. The van der Waals surface area contributed by atoms with Crippen LogP contribution < -0.4 is 9.47 Å². The van der Waals surface area contributed by atoms with Crippen molar-refractivity contribution in [2.45, 2.75) is 19.6 Å². The van der Waals surface area contributed by atoms with Crippen LogP contribution >= 0.6 is 0 Å². The van der Waals surface area contributed by atoms with Crippen molar-refractivity contribution in [3.05, 3.63) is 140 Å². The van der Waals surface area contributed by atoms with Crippen LogP contribution in [0.25, 0.3) is 11.1 Å². The number of nitrogens with one attached hydrogen (secondary N) is 2. The van der Waals surface area contributed by atoms with Crippen LogP contribution in [0.2, 0.25) is 0 Å². The zero-order valence-corrected chi connectivity index (χ0v) is 28.1. The third-order valence-corrected chi connectivity index (χ3v) is 8.72. The second kappa shape index (κ2) is 13.3. The summed E-state index contributed by atoms with van der Waals surface area (Å²) >= 11 is 0. The van der Waals surface area contributed by atoms with E-state index in [-0.39, 0.29) is 58.8 Å². The van der Waals surface area contributed by atoms with Gasteiger partial charge in [0.15, 0.2) is 34.8 Å². The molecular weight excluding hydrogens is 716 g/mol. The number of allylic oxidation sites excluding steroid dienone is 4. The summed E-state index contributed by atoms with van der Waals surface area (Å²) in [6.07, 6.45) is 5.34. The summed E-state index contributed by atoms with van der Waals surface area (Å²) in [7, 11) is 1.70. The van der Waals surface area contributed by atoms with Crippen molar-refractivity contribution >= 4 is 22.6 Å². The largest absolute Gasteiger partial charge is 0.491 e. The first-order valence-corrected chi connectivity index (χ1v) is 15.9. The number of rotatable bonds is 8. The van der Waals surface area contributed by atoms with Gasteiger partial charge in [-0.1, -0.05) is 0 Å². The van der Waals surface area contributed by atoms with E-state index in [4.69, 9.17) is 9.47 Å². The second-order valence-corrected chi connectivity index (χ2v) is 11.6. The third kappa shape index (κ3) is 5.34. The third-order valence-electron chi connectivity index (χ3n) is 8.72. The van der Waals surface area contributed by atoms with Crippen molar-refractivity contribution in [1.29, 1.82) is 0 Å². The lowest BCUT2D eigenvalue weighted by atomic mass is 9.98. The first kappa shape index (κ1) is 35.7. The fourth-order valence-corrected chi connectivity index (χ4v) is 6.48. The molecule has 4 aromatic rings. The maximum atomic E-state index is 15.8. The molecule has 2 aromatic heterocycles. The number of aromatic amines is 2. The van der Waals surface area contributed by atoms with Gasteiger partial charge in [0.2, 0.25) is 23.3 Å². The van der Waals surface area contributed by atoms with Crippen molar-refractivity contribution in [2.75, 3.05) is 27.4 Å². The number of methoxy groups -OCH3 is 2. The first-order chi connectivity index (χ1) is 25.4. The molecule has 2 aromatic carbocycles. The SMILES string of the molecule is CCOC1(OCC)c2ccc([nH]2)/C(c2c(F)c(F)c(OC)c(F)c2F)=C2/C=CC(=N2)C2=N/C(=C(/c3c(F)c(F)c(OC)c(F)c3F)c3ccc1[nH]3)C=C2. The van der Waals surface area contributed by atoms with E-state index in [0.717, 1.165) is 14.2 Å². The van der Waals surface area contributed by atoms with Gasteiger partial charge in [-0.2, -0.15) is 17.6 Å². The van der Waals surface area contributed by atoms with E-state index in [1.54, 1.807) is 13.8 Å². The van der Waals surface area contributed by atoms with Crippen LogP contribution in [0.4, 0.5) is 35.1 Å². The molecule has 0 fully saturated rings. The highest BCUT2D eigenvalue weighted by molar-refractivity contribution is 6.52. The highest BCUT2D eigenvalue weighted by atomic mass is 19.2. The van der Waals surface area contributed by atoms with Gasteiger partial charge in [0.1, 0.15) is 0 Å². The van der Waals surface area contributed by atoms with Gasteiger partial charge in [-0.3, -0.25) is 0 Å². The number of ether oxygens (including phenoxy) is 4. The molecule has 5 heterocycles. The molecule has 0 aliphatic carbocycles. The van der Waals surface area contributed by atoms with Gasteiger partial charge in [0, 0.05) is 35.7 Å². The van der Waals surface area contributed by atoms with Gasteiger partial charge < -0.3 is 28.9 Å². The number of hydrogen-bond donors (Lipinski definition) is 2. The molecule has 0 atom stereocenters. The summed E-state index contributed by atoms with van der Waals surface area (Å²) in [5.41, 5.74) is -3.40. The fraction of sp³-hybridized carbons (Fsp3) is 0.189. The monoisotopic (exact) mass is 742 g/mol. The minimum Gasteiger partial charge on any atom is -0.491 e. The Hall–Kier alpha value is -5.74. The number of aromatic nitrogens is 2. The lowest BCUT2D eigenvalue weighted by Crippen LogP contribution is -2.36. The van der Waals surface area contributed by atoms with E-state index in [1.165, 1.54) is 48.6 Å². The lowest BCUT2D eigenvalue weighted by Gasteiger charge is -2.32. The number of nitrogens with zero attached hydrogens (tertiary/aromatic N) is 2. The van der Waals surface area contributed by atoms with Gasteiger partial charge in [-0.15, -0.1) is 0 Å². The summed E-state index contributed by atoms with van der Waals surface area (Å²) in [6, 6.07) is 5.55. The number of halogens is 8. The van der Waals surface area contributed by atoms with Crippen LogP contribution in [-0.2, 0) is 15.3 Å². The molecule has 8 nitrogen and oxygen atoms in total. The molecule has 2 N–H and O–H groups in total. The van der Waals surface area contributed by atoms with E-state index < -0.39 is 86.1 Å². The molecule has 0 spiro atoms. The molecule has 0 unspecified atom stereocenters. The number of benzene rings is 2. The van der Waals surface area contributed by atoms with E-state index in [9.17, 15) is 0 Å². The Kier molecular flexibility index (Phi) is 8.98. The smallest absolute Gasteiger partial charge is 0.253 e. The highest BCUT2D eigenvalue weighted by Gasteiger charge is 2.41. The second-order valence-electron chi connectivity index (χ2n) is 11.6. The Labute approximate surface area is 295 Å². The molecular formula is C37H26F8N4O4.